The van der Waals surface area contributed by atoms with Gasteiger partial charge < -0.3 is 10.5 Å². The summed E-state index contributed by atoms with van der Waals surface area (Å²) in [6.45, 7) is 2.38. The molecule has 3 heteroatoms. The van der Waals surface area contributed by atoms with Gasteiger partial charge >= 0.3 is 0 Å². The van der Waals surface area contributed by atoms with Gasteiger partial charge in [-0.05, 0) is 12.8 Å². The fourth-order valence-electron chi connectivity index (χ4n) is 0.552. The van der Waals surface area contributed by atoms with Crippen molar-refractivity contribution in [2.24, 2.45) is 11.7 Å². The number of methoxy groups -OCH3 is 1. The summed E-state index contributed by atoms with van der Waals surface area (Å²) in [5.41, 5.74) is 5.02. The van der Waals surface area contributed by atoms with E-state index in [1.165, 1.54) is 0 Å². The zero-order valence-corrected chi connectivity index (χ0v) is 6.46. The third-order valence-corrected chi connectivity index (χ3v) is 1.29. The molecule has 0 fully saturated rings. The molecule has 0 heterocycles. The summed E-state index contributed by atoms with van der Waals surface area (Å²) in [6.07, 6.45) is 2.60. The lowest BCUT2D eigenvalue weighted by atomic mass is 10.1. The van der Waals surface area contributed by atoms with Crippen molar-refractivity contribution in [3.63, 3.8) is 0 Å². The second-order valence-corrected chi connectivity index (χ2v) is 2.28. The van der Waals surface area contributed by atoms with Crippen molar-refractivity contribution in [2.75, 3.05) is 13.7 Å². The van der Waals surface area contributed by atoms with Crippen LogP contribution < -0.4 is 5.73 Å². The fraction of sp³-hybridized carbons (Fsp3) is 0.714. The van der Waals surface area contributed by atoms with Crippen LogP contribution in [-0.2, 0) is 9.53 Å². The second-order valence-electron chi connectivity index (χ2n) is 2.28. The highest BCUT2D eigenvalue weighted by molar-refractivity contribution is 5.76. The molecule has 0 rings (SSSR count). The van der Waals surface area contributed by atoms with Gasteiger partial charge in [0.15, 0.2) is 0 Å². The van der Waals surface area contributed by atoms with E-state index in [1.807, 2.05) is 6.42 Å². The molecule has 1 amide bonds. The van der Waals surface area contributed by atoms with Gasteiger partial charge in [0.05, 0.1) is 0 Å². The number of hydrogen-bond acceptors (Lipinski definition) is 2. The Hall–Kier alpha value is -0.570. The van der Waals surface area contributed by atoms with Gasteiger partial charge in [0, 0.05) is 19.6 Å². The van der Waals surface area contributed by atoms with Crippen molar-refractivity contribution < 1.29 is 9.53 Å². The molecule has 1 radical (unpaired) electrons. The van der Waals surface area contributed by atoms with Crippen molar-refractivity contribution in [1.82, 2.24) is 0 Å². The van der Waals surface area contributed by atoms with Crippen molar-refractivity contribution in [2.45, 2.75) is 13.3 Å². The molecule has 0 aliphatic heterocycles. The first kappa shape index (κ1) is 9.43. The summed E-state index contributed by atoms with van der Waals surface area (Å²) < 4.78 is 4.76. The topological polar surface area (TPSA) is 52.3 Å². The zero-order valence-electron chi connectivity index (χ0n) is 6.46. The van der Waals surface area contributed by atoms with E-state index in [0.717, 1.165) is 0 Å². The molecule has 3 nitrogen and oxygen atoms in total. The van der Waals surface area contributed by atoms with E-state index >= 15 is 0 Å². The molecule has 0 saturated carbocycles. The lowest BCUT2D eigenvalue weighted by Crippen LogP contribution is -2.20. The summed E-state index contributed by atoms with van der Waals surface area (Å²) in [5, 5.41) is 0. The van der Waals surface area contributed by atoms with Crippen LogP contribution in [0, 0.1) is 12.3 Å². The van der Waals surface area contributed by atoms with E-state index in [2.05, 4.69) is 0 Å². The standard InChI is InChI=1S/C7H14NO2/c1-6(7(8)9)4-3-5-10-2/h3,6H,4-5H2,1-2H3,(H2,8,9)/t6-/m0/s1. The number of carbonyl (C=O) groups excluding carboxylic acids is 1. The van der Waals surface area contributed by atoms with E-state index in [0.29, 0.717) is 13.0 Å². The maximum absolute atomic E-state index is 10.5. The Bertz CT molecular complexity index is 104. The Morgan fingerprint density at radius 3 is 2.80 bits per heavy atom. The first-order chi connectivity index (χ1) is 4.68. The molecule has 0 spiro atoms. The Balaban J connectivity index is 3.21. The highest BCUT2D eigenvalue weighted by Crippen LogP contribution is 2.02. The zero-order chi connectivity index (χ0) is 7.98. The van der Waals surface area contributed by atoms with Crippen LogP contribution in [0.15, 0.2) is 0 Å². The largest absolute Gasteiger partial charge is 0.384 e. The van der Waals surface area contributed by atoms with Gasteiger partial charge in [-0.3, -0.25) is 4.79 Å². The molecule has 0 aromatic rings. The van der Waals surface area contributed by atoms with E-state index in [-0.39, 0.29) is 11.8 Å². The minimum atomic E-state index is -0.257. The maximum atomic E-state index is 10.5. The smallest absolute Gasteiger partial charge is 0.220 e. The van der Waals surface area contributed by atoms with Gasteiger partial charge in [0.2, 0.25) is 5.91 Å². The first-order valence-corrected chi connectivity index (χ1v) is 3.28. The predicted octanol–water partition coefficient (Wildman–Crippen LogP) is 0.349. The SMILES string of the molecule is COC[CH]C[C@H](C)C(N)=O. The summed E-state index contributed by atoms with van der Waals surface area (Å²) >= 11 is 0. The van der Waals surface area contributed by atoms with E-state index < -0.39 is 0 Å². The van der Waals surface area contributed by atoms with E-state index in [1.54, 1.807) is 14.0 Å². The predicted molar refractivity (Wildman–Crippen MR) is 39.2 cm³/mol. The van der Waals surface area contributed by atoms with Gasteiger partial charge in [0.25, 0.3) is 0 Å². The summed E-state index contributed by atoms with van der Waals surface area (Å²) in [5.74, 6) is -0.331. The highest BCUT2D eigenvalue weighted by atomic mass is 16.5. The molecular formula is C7H14NO2. The van der Waals surface area contributed by atoms with Crippen LogP contribution in [-0.4, -0.2) is 19.6 Å². The summed E-state index contributed by atoms with van der Waals surface area (Å²) in [4.78, 5) is 10.5. The quantitative estimate of drug-likeness (QED) is 0.566. The van der Waals surface area contributed by atoms with Crippen molar-refractivity contribution in [1.29, 1.82) is 0 Å². The van der Waals surface area contributed by atoms with E-state index in [9.17, 15) is 4.79 Å². The van der Waals surface area contributed by atoms with Gasteiger partial charge in [-0.2, -0.15) is 0 Å². The molecule has 0 unspecified atom stereocenters. The second kappa shape index (κ2) is 5.23. The average molecular weight is 144 g/mol. The Kier molecular flexibility index (Phi) is 4.94. The first-order valence-electron chi connectivity index (χ1n) is 3.28. The molecule has 0 saturated heterocycles. The van der Waals surface area contributed by atoms with E-state index in [4.69, 9.17) is 10.5 Å². The molecule has 59 valence electrons. The Labute approximate surface area is 61.5 Å². The van der Waals surface area contributed by atoms with Crippen LogP contribution in [0.2, 0.25) is 0 Å². The maximum Gasteiger partial charge on any atom is 0.220 e. The number of amides is 1. The number of ether oxygens (including phenoxy) is 1. The molecule has 1 atom stereocenters. The third kappa shape index (κ3) is 4.32. The molecule has 0 bridgehead atoms. The van der Waals surface area contributed by atoms with Crippen LogP contribution in [0.1, 0.15) is 13.3 Å². The summed E-state index contributed by atoms with van der Waals surface area (Å²) in [7, 11) is 1.62. The molecule has 0 aliphatic rings. The van der Waals surface area contributed by atoms with Crippen molar-refractivity contribution >= 4 is 5.91 Å². The Morgan fingerprint density at radius 2 is 2.40 bits per heavy atom. The van der Waals surface area contributed by atoms with Crippen molar-refractivity contribution in [3.8, 4) is 0 Å². The van der Waals surface area contributed by atoms with Gasteiger partial charge in [-0.15, -0.1) is 0 Å². The number of hydrogen-bond donors (Lipinski definition) is 1. The lowest BCUT2D eigenvalue weighted by Gasteiger charge is -2.04. The molecule has 0 aromatic heterocycles. The number of carbonyl (C=O) groups is 1. The van der Waals surface area contributed by atoms with Crippen molar-refractivity contribution in [3.05, 3.63) is 6.42 Å². The van der Waals surface area contributed by atoms with Crippen LogP contribution in [0.4, 0.5) is 0 Å². The highest BCUT2D eigenvalue weighted by Gasteiger charge is 2.06. The average Bonchev–Trinajstić information content (AvgIpc) is 1.88. The minimum Gasteiger partial charge on any atom is -0.384 e. The molecule has 10 heavy (non-hydrogen) atoms. The van der Waals surface area contributed by atoms with Crippen LogP contribution in [0.3, 0.4) is 0 Å². The number of rotatable bonds is 5. The van der Waals surface area contributed by atoms with Crippen LogP contribution in [0.5, 0.6) is 0 Å². The normalized spacial score (nSPS) is 13.0. The molecular weight excluding hydrogens is 130 g/mol. The number of primary amides is 1. The fourth-order valence-corrected chi connectivity index (χ4v) is 0.552. The number of nitrogens with two attached hydrogens (primary N) is 1. The summed E-state index contributed by atoms with van der Waals surface area (Å²) in [6, 6.07) is 0. The van der Waals surface area contributed by atoms with Gasteiger partial charge in [-0.25, -0.2) is 0 Å². The van der Waals surface area contributed by atoms with Gasteiger partial charge in [0.1, 0.15) is 0 Å². The molecule has 0 aromatic carbocycles. The molecule has 2 N–H and O–H groups in total. The van der Waals surface area contributed by atoms with Crippen LogP contribution in [0.25, 0.3) is 0 Å². The third-order valence-electron chi connectivity index (χ3n) is 1.29. The van der Waals surface area contributed by atoms with Crippen LogP contribution >= 0.6 is 0 Å². The Morgan fingerprint density at radius 1 is 1.80 bits per heavy atom. The monoisotopic (exact) mass is 144 g/mol. The molecule has 0 aliphatic carbocycles. The lowest BCUT2D eigenvalue weighted by molar-refractivity contribution is -0.121. The minimum absolute atomic E-state index is 0.0739. The van der Waals surface area contributed by atoms with Gasteiger partial charge in [-0.1, -0.05) is 6.92 Å².